The van der Waals surface area contributed by atoms with Crippen molar-refractivity contribution in [2.75, 3.05) is 6.54 Å². The molecule has 2 rings (SSSR count). The van der Waals surface area contributed by atoms with Gasteiger partial charge in [0, 0.05) is 31.0 Å². The molecule has 5 heteroatoms. The smallest absolute Gasteiger partial charge is 0.259 e. The van der Waals surface area contributed by atoms with Crippen LogP contribution in [0, 0.1) is 0 Å². The van der Waals surface area contributed by atoms with Crippen LogP contribution in [-0.4, -0.2) is 39.6 Å². The first-order chi connectivity index (χ1) is 9.09. The number of pyridine rings is 1. The number of likely N-dealkylation sites (tertiary alicyclic amines) is 1. The van der Waals surface area contributed by atoms with Crippen LogP contribution < -0.4 is 5.43 Å². The van der Waals surface area contributed by atoms with E-state index in [9.17, 15) is 14.7 Å². The van der Waals surface area contributed by atoms with Crippen LogP contribution in [-0.2, 0) is 0 Å². The average Bonchev–Trinajstić information content (AvgIpc) is 2.38. The number of nitrogens with zero attached hydrogens (tertiary/aromatic N) is 1. The number of rotatable bonds is 3. The van der Waals surface area contributed by atoms with E-state index >= 15 is 0 Å². The zero-order valence-electron chi connectivity index (χ0n) is 11.1. The van der Waals surface area contributed by atoms with Crippen LogP contribution in [0.15, 0.2) is 23.3 Å². The van der Waals surface area contributed by atoms with E-state index in [1.54, 1.807) is 11.8 Å². The number of aromatic nitrogens is 1. The first kappa shape index (κ1) is 13.8. The van der Waals surface area contributed by atoms with Crippen molar-refractivity contribution in [1.82, 2.24) is 9.88 Å². The SMILES string of the molecule is CC(O)CC1CCCCN1C(=O)c1c[nH]ccc1=O. The van der Waals surface area contributed by atoms with Crippen LogP contribution in [0.4, 0.5) is 0 Å². The molecule has 2 heterocycles. The number of nitrogens with one attached hydrogen (secondary N) is 1. The molecular formula is C14H20N2O3. The molecule has 2 unspecified atom stereocenters. The Balaban J connectivity index is 2.20. The van der Waals surface area contributed by atoms with E-state index in [2.05, 4.69) is 4.98 Å². The van der Waals surface area contributed by atoms with Gasteiger partial charge in [0.15, 0.2) is 5.43 Å². The van der Waals surface area contributed by atoms with Gasteiger partial charge in [0.05, 0.1) is 6.10 Å². The summed E-state index contributed by atoms with van der Waals surface area (Å²) in [6, 6.07) is 1.39. The molecule has 1 aromatic heterocycles. The van der Waals surface area contributed by atoms with E-state index in [4.69, 9.17) is 0 Å². The minimum atomic E-state index is -0.438. The van der Waals surface area contributed by atoms with Crippen LogP contribution in [0.1, 0.15) is 43.0 Å². The Labute approximate surface area is 112 Å². The van der Waals surface area contributed by atoms with Gasteiger partial charge in [0.25, 0.3) is 5.91 Å². The van der Waals surface area contributed by atoms with Crippen LogP contribution in [0.3, 0.4) is 0 Å². The number of hydrogen-bond acceptors (Lipinski definition) is 3. The normalized spacial score (nSPS) is 21.2. The molecule has 19 heavy (non-hydrogen) atoms. The average molecular weight is 264 g/mol. The van der Waals surface area contributed by atoms with Crippen LogP contribution >= 0.6 is 0 Å². The molecule has 0 aliphatic carbocycles. The molecule has 104 valence electrons. The summed E-state index contributed by atoms with van der Waals surface area (Å²) in [6.07, 6.45) is 6.01. The number of hydrogen-bond donors (Lipinski definition) is 2. The van der Waals surface area contributed by atoms with Crippen molar-refractivity contribution in [3.05, 3.63) is 34.2 Å². The third-order valence-electron chi connectivity index (χ3n) is 3.56. The summed E-state index contributed by atoms with van der Waals surface area (Å²) in [5.74, 6) is -0.229. The fourth-order valence-corrected chi connectivity index (χ4v) is 2.64. The fourth-order valence-electron chi connectivity index (χ4n) is 2.64. The van der Waals surface area contributed by atoms with E-state index in [1.165, 1.54) is 18.5 Å². The zero-order valence-corrected chi connectivity index (χ0v) is 11.1. The monoisotopic (exact) mass is 264 g/mol. The zero-order chi connectivity index (χ0) is 13.8. The Morgan fingerprint density at radius 3 is 3.05 bits per heavy atom. The molecule has 1 aliphatic rings. The van der Waals surface area contributed by atoms with Gasteiger partial charge in [-0.15, -0.1) is 0 Å². The van der Waals surface area contributed by atoms with E-state index in [1.807, 2.05) is 0 Å². The summed E-state index contributed by atoms with van der Waals surface area (Å²) in [5, 5.41) is 9.52. The van der Waals surface area contributed by atoms with Gasteiger partial charge in [-0.3, -0.25) is 9.59 Å². The molecule has 5 nitrogen and oxygen atoms in total. The first-order valence-corrected chi connectivity index (χ1v) is 6.75. The van der Waals surface area contributed by atoms with E-state index in [0.29, 0.717) is 13.0 Å². The molecule has 1 aliphatic heterocycles. The Kier molecular flexibility index (Phi) is 4.37. The molecule has 1 saturated heterocycles. The minimum absolute atomic E-state index is 0.0286. The van der Waals surface area contributed by atoms with Gasteiger partial charge in [-0.05, 0) is 32.6 Å². The number of H-pyrrole nitrogens is 1. The van der Waals surface area contributed by atoms with Gasteiger partial charge in [-0.1, -0.05) is 0 Å². The molecule has 0 aromatic carbocycles. The predicted molar refractivity (Wildman–Crippen MR) is 72.0 cm³/mol. The Bertz CT molecular complexity index is 495. The lowest BCUT2D eigenvalue weighted by atomic mass is 9.96. The van der Waals surface area contributed by atoms with Gasteiger partial charge in [0.1, 0.15) is 5.56 Å². The van der Waals surface area contributed by atoms with Crippen molar-refractivity contribution in [2.45, 2.75) is 44.8 Å². The maximum Gasteiger partial charge on any atom is 0.259 e. The summed E-state index contributed by atoms with van der Waals surface area (Å²) in [5.41, 5.74) is -0.0786. The third-order valence-corrected chi connectivity index (χ3v) is 3.56. The second kappa shape index (κ2) is 6.02. The first-order valence-electron chi connectivity index (χ1n) is 6.75. The molecular weight excluding hydrogens is 244 g/mol. The molecule has 0 radical (unpaired) electrons. The van der Waals surface area contributed by atoms with Gasteiger partial charge >= 0.3 is 0 Å². The Morgan fingerprint density at radius 2 is 2.37 bits per heavy atom. The summed E-state index contributed by atoms with van der Waals surface area (Å²) >= 11 is 0. The molecule has 1 amide bonds. The highest BCUT2D eigenvalue weighted by Crippen LogP contribution is 2.22. The minimum Gasteiger partial charge on any atom is -0.393 e. The summed E-state index contributed by atoms with van der Waals surface area (Å²) in [7, 11) is 0. The topological polar surface area (TPSA) is 73.4 Å². The predicted octanol–water partition coefficient (Wildman–Crippen LogP) is 1.14. The maximum atomic E-state index is 12.4. The second-order valence-corrected chi connectivity index (χ2v) is 5.16. The van der Waals surface area contributed by atoms with E-state index < -0.39 is 6.10 Å². The number of carbonyl (C=O) groups excluding carboxylic acids is 1. The highest BCUT2D eigenvalue weighted by Gasteiger charge is 2.29. The fraction of sp³-hybridized carbons (Fsp3) is 0.571. The van der Waals surface area contributed by atoms with E-state index in [-0.39, 0.29) is 22.9 Å². The number of carbonyl (C=O) groups is 1. The van der Waals surface area contributed by atoms with Crippen LogP contribution in [0.5, 0.6) is 0 Å². The van der Waals surface area contributed by atoms with Gasteiger partial charge in [-0.2, -0.15) is 0 Å². The van der Waals surface area contributed by atoms with Crippen molar-refractivity contribution in [3.8, 4) is 0 Å². The van der Waals surface area contributed by atoms with Gasteiger partial charge in [-0.25, -0.2) is 0 Å². The van der Waals surface area contributed by atoms with Crippen LogP contribution in [0.2, 0.25) is 0 Å². The lowest BCUT2D eigenvalue weighted by Gasteiger charge is -2.36. The third kappa shape index (κ3) is 3.23. The number of amides is 1. The van der Waals surface area contributed by atoms with Crippen molar-refractivity contribution in [3.63, 3.8) is 0 Å². The number of aromatic amines is 1. The Morgan fingerprint density at radius 1 is 1.58 bits per heavy atom. The van der Waals surface area contributed by atoms with Crippen molar-refractivity contribution >= 4 is 5.91 Å². The van der Waals surface area contributed by atoms with E-state index in [0.717, 1.165) is 19.3 Å². The van der Waals surface area contributed by atoms with Crippen molar-refractivity contribution in [2.24, 2.45) is 0 Å². The maximum absolute atomic E-state index is 12.4. The number of aliphatic hydroxyl groups is 1. The standard InChI is InChI=1S/C14H20N2O3/c1-10(17)8-11-4-2-3-7-16(11)14(19)12-9-15-6-5-13(12)18/h5-6,9-11,17H,2-4,7-8H2,1H3,(H,15,18). The second-order valence-electron chi connectivity index (χ2n) is 5.16. The summed E-state index contributed by atoms with van der Waals surface area (Å²) in [4.78, 5) is 28.7. The molecule has 0 bridgehead atoms. The summed E-state index contributed by atoms with van der Waals surface area (Å²) < 4.78 is 0. The molecule has 0 saturated carbocycles. The molecule has 2 atom stereocenters. The van der Waals surface area contributed by atoms with Gasteiger partial charge in [0.2, 0.25) is 0 Å². The molecule has 1 fully saturated rings. The van der Waals surface area contributed by atoms with Crippen molar-refractivity contribution in [1.29, 1.82) is 0 Å². The molecule has 1 aromatic rings. The number of aliphatic hydroxyl groups excluding tert-OH is 1. The Hall–Kier alpha value is -1.62. The summed E-state index contributed by atoms with van der Waals surface area (Å²) in [6.45, 7) is 2.39. The number of piperidine rings is 1. The lowest BCUT2D eigenvalue weighted by Crippen LogP contribution is -2.46. The lowest BCUT2D eigenvalue weighted by molar-refractivity contribution is 0.0513. The van der Waals surface area contributed by atoms with Gasteiger partial charge < -0.3 is 15.0 Å². The highest BCUT2D eigenvalue weighted by molar-refractivity contribution is 5.94. The molecule has 2 N–H and O–H groups in total. The van der Waals surface area contributed by atoms with Crippen LogP contribution in [0.25, 0.3) is 0 Å². The quantitative estimate of drug-likeness (QED) is 0.859. The highest BCUT2D eigenvalue weighted by atomic mass is 16.3. The largest absolute Gasteiger partial charge is 0.393 e. The molecule has 0 spiro atoms. The van der Waals surface area contributed by atoms with Crippen molar-refractivity contribution < 1.29 is 9.90 Å².